The van der Waals surface area contributed by atoms with Gasteiger partial charge in [0.1, 0.15) is 0 Å². The molecule has 0 unspecified atom stereocenters. The molecule has 1 amide bonds. The summed E-state index contributed by atoms with van der Waals surface area (Å²) < 4.78 is 11.0. The predicted molar refractivity (Wildman–Crippen MR) is 95.4 cm³/mol. The summed E-state index contributed by atoms with van der Waals surface area (Å²) in [4.78, 5) is 12.5. The average Bonchev–Trinajstić information content (AvgIpc) is 2.60. The van der Waals surface area contributed by atoms with E-state index in [-0.39, 0.29) is 11.9 Å². The summed E-state index contributed by atoms with van der Waals surface area (Å²) in [5.41, 5.74) is 2.30. The number of carbonyl (C=O) groups excluding carboxylic acids is 1. The number of carbonyl (C=O) groups is 1. The van der Waals surface area contributed by atoms with Crippen molar-refractivity contribution in [3.63, 3.8) is 0 Å². The summed E-state index contributed by atoms with van der Waals surface area (Å²) in [6, 6.07) is 15.5. The monoisotopic (exact) mass is 327 g/mol. The molecule has 0 radical (unpaired) electrons. The van der Waals surface area contributed by atoms with E-state index in [9.17, 15) is 4.79 Å². The third kappa shape index (κ3) is 4.51. The number of methoxy groups -OCH3 is 1. The molecule has 24 heavy (non-hydrogen) atoms. The van der Waals surface area contributed by atoms with Gasteiger partial charge in [-0.25, -0.2) is 0 Å². The fourth-order valence-electron chi connectivity index (χ4n) is 2.47. The lowest BCUT2D eigenvalue weighted by atomic mass is 10.0. The summed E-state index contributed by atoms with van der Waals surface area (Å²) in [6.45, 7) is 5.84. The van der Waals surface area contributed by atoms with Crippen molar-refractivity contribution in [2.75, 3.05) is 7.11 Å². The van der Waals surface area contributed by atoms with Crippen LogP contribution in [0.4, 0.5) is 0 Å². The Morgan fingerprint density at radius 3 is 2.29 bits per heavy atom. The van der Waals surface area contributed by atoms with Gasteiger partial charge in [0.25, 0.3) is 5.91 Å². The van der Waals surface area contributed by atoms with Gasteiger partial charge in [0.2, 0.25) is 0 Å². The molecular formula is C20H25NO3. The number of hydrogen-bond donors (Lipinski definition) is 1. The molecule has 1 N–H and O–H groups in total. The maximum Gasteiger partial charge on any atom is 0.261 e. The Hall–Kier alpha value is -2.49. The molecule has 0 heterocycles. The highest BCUT2D eigenvalue weighted by atomic mass is 16.5. The third-order valence-corrected chi connectivity index (χ3v) is 3.95. The first-order chi connectivity index (χ1) is 11.5. The van der Waals surface area contributed by atoms with Crippen LogP contribution >= 0.6 is 0 Å². The van der Waals surface area contributed by atoms with Crippen LogP contribution in [0.1, 0.15) is 37.4 Å². The van der Waals surface area contributed by atoms with Crippen LogP contribution in [0.5, 0.6) is 11.5 Å². The molecule has 0 bridgehead atoms. The normalized spacial score (nSPS) is 13.0. The molecule has 0 spiro atoms. The molecule has 2 atom stereocenters. The van der Waals surface area contributed by atoms with Crippen LogP contribution in [0.2, 0.25) is 0 Å². The molecule has 0 saturated carbocycles. The molecule has 2 aromatic carbocycles. The quantitative estimate of drug-likeness (QED) is 0.835. The first kappa shape index (κ1) is 17.9. The SMILES string of the molecule is CC[C@@H](NC(=O)[C@H](C)Oc1ccccc1OC)c1ccc(C)cc1. The molecular weight excluding hydrogens is 302 g/mol. The molecule has 0 saturated heterocycles. The minimum atomic E-state index is -0.610. The van der Waals surface area contributed by atoms with Crippen LogP contribution in [-0.2, 0) is 4.79 Å². The van der Waals surface area contributed by atoms with Gasteiger partial charge in [-0.3, -0.25) is 4.79 Å². The van der Waals surface area contributed by atoms with Crippen molar-refractivity contribution >= 4 is 5.91 Å². The standard InChI is InChI=1S/C20H25NO3/c1-5-17(16-12-10-14(2)11-13-16)21-20(22)15(3)24-19-9-7-6-8-18(19)23-4/h6-13,15,17H,5H2,1-4H3,(H,21,22)/t15-,17+/m0/s1. The Morgan fingerprint density at radius 2 is 1.71 bits per heavy atom. The highest BCUT2D eigenvalue weighted by Gasteiger charge is 2.20. The highest BCUT2D eigenvalue weighted by molar-refractivity contribution is 5.81. The van der Waals surface area contributed by atoms with Crippen LogP contribution < -0.4 is 14.8 Å². The Labute approximate surface area is 143 Å². The van der Waals surface area contributed by atoms with Gasteiger partial charge in [0, 0.05) is 0 Å². The zero-order chi connectivity index (χ0) is 17.5. The first-order valence-corrected chi connectivity index (χ1v) is 8.21. The smallest absolute Gasteiger partial charge is 0.261 e. The number of benzene rings is 2. The van der Waals surface area contributed by atoms with E-state index >= 15 is 0 Å². The van der Waals surface area contributed by atoms with E-state index in [1.165, 1.54) is 5.56 Å². The van der Waals surface area contributed by atoms with Crippen LogP contribution in [-0.4, -0.2) is 19.1 Å². The number of amides is 1. The summed E-state index contributed by atoms with van der Waals surface area (Å²) in [5, 5.41) is 3.06. The van der Waals surface area contributed by atoms with Gasteiger partial charge in [-0.1, -0.05) is 48.9 Å². The highest BCUT2D eigenvalue weighted by Crippen LogP contribution is 2.27. The minimum Gasteiger partial charge on any atom is -0.493 e. The van der Waals surface area contributed by atoms with Gasteiger partial charge in [-0.15, -0.1) is 0 Å². The van der Waals surface area contributed by atoms with Crippen LogP contribution in [0.3, 0.4) is 0 Å². The van der Waals surface area contributed by atoms with Gasteiger partial charge in [0.05, 0.1) is 13.2 Å². The fourth-order valence-corrected chi connectivity index (χ4v) is 2.47. The first-order valence-electron chi connectivity index (χ1n) is 8.21. The summed E-state index contributed by atoms with van der Waals surface area (Å²) in [5.74, 6) is 1.03. The average molecular weight is 327 g/mol. The number of aryl methyl sites for hydroxylation is 1. The predicted octanol–water partition coefficient (Wildman–Crippen LogP) is 4.04. The van der Waals surface area contributed by atoms with Gasteiger partial charge < -0.3 is 14.8 Å². The molecule has 0 aliphatic carbocycles. The summed E-state index contributed by atoms with van der Waals surface area (Å²) >= 11 is 0. The molecule has 128 valence electrons. The van der Waals surface area contributed by atoms with Crippen molar-refractivity contribution in [2.24, 2.45) is 0 Å². The van der Waals surface area contributed by atoms with E-state index in [0.717, 1.165) is 12.0 Å². The largest absolute Gasteiger partial charge is 0.493 e. The van der Waals surface area contributed by atoms with Crippen molar-refractivity contribution in [3.05, 3.63) is 59.7 Å². The van der Waals surface area contributed by atoms with E-state index in [2.05, 4.69) is 36.5 Å². The maximum absolute atomic E-state index is 12.5. The Bertz CT molecular complexity index is 667. The lowest BCUT2D eigenvalue weighted by Crippen LogP contribution is -2.38. The van der Waals surface area contributed by atoms with Crippen molar-refractivity contribution in [1.29, 1.82) is 0 Å². The molecule has 0 aliphatic rings. The van der Waals surface area contributed by atoms with Gasteiger partial charge >= 0.3 is 0 Å². The second-order valence-electron chi connectivity index (χ2n) is 5.79. The molecule has 0 aliphatic heterocycles. The Kier molecular flexibility index (Phi) is 6.24. The Morgan fingerprint density at radius 1 is 1.08 bits per heavy atom. The van der Waals surface area contributed by atoms with E-state index in [4.69, 9.17) is 9.47 Å². The Balaban J connectivity index is 2.03. The number of nitrogens with one attached hydrogen (secondary N) is 1. The van der Waals surface area contributed by atoms with E-state index < -0.39 is 6.10 Å². The van der Waals surface area contributed by atoms with Crippen LogP contribution in [0.15, 0.2) is 48.5 Å². The summed E-state index contributed by atoms with van der Waals surface area (Å²) in [7, 11) is 1.58. The number of rotatable bonds is 7. The number of para-hydroxylation sites is 2. The van der Waals surface area contributed by atoms with E-state index in [0.29, 0.717) is 11.5 Å². The third-order valence-electron chi connectivity index (χ3n) is 3.95. The van der Waals surface area contributed by atoms with Crippen molar-refractivity contribution < 1.29 is 14.3 Å². The summed E-state index contributed by atoms with van der Waals surface area (Å²) in [6.07, 6.45) is 0.205. The molecule has 2 aromatic rings. The zero-order valence-corrected chi connectivity index (χ0v) is 14.7. The lowest BCUT2D eigenvalue weighted by Gasteiger charge is -2.21. The van der Waals surface area contributed by atoms with Crippen molar-refractivity contribution in [1.82, 2.24) is 5.32 Å². The van der Waals surface area contributed by atoms with E-state index in [1.807, 2.05) is 19.1 Å². The number of hydrogen-bond acceptors (Lipinski definition) is 3. The van der Waals surface area contributed by atoms with Crippen molar-refractivity contribution in [3.8, 4) is 11.5 Å². The van der Waals surface area contributed by atoms with Crippen LogP contribution in [0, 0.1) is 6.92 Å². The molecule has 4 nitrogen and oxygen atoms in total. The van der Waals surface area contributed by atoms with Gasteiger partial charge in [-0.05, 0) is 38.0 Å². The second-order valence-corrected chi connectivity index (χ2v) is 5.79. The maximum atomic E-state index is 12.5. The van der Waals surface area contributed by atoms with E-state index in [1.54, 1.807) is 26.2 Å². The number of ether oxygens (including phenoxy) is 2. The minimum absolute atomic E-state index is 0.0261. The lowest BCUT2D eigenvalue weighted by molar-refractivity contribution is -0.128. The van der Waals surface area contributed by atoms with Crippen molar-refractivity contribution in [2.45, 2.75) is 39.3 Å². The molecule has 2 rings (SSSR count). The molecule has 0 aromatic heterocycles. The zero-order valence-electron chi connectivity index (χ0n) is 14.7. The fraction of sp³-hybridized carbons (Fsp3) is 0.350. The van der Waals surface area contributed by atoms with Gasteiger partial charge in [0.15, 0.2) is 17.6 Å². The molecule has 4 heteroatoms. The second kappa shape index (κ2) is 8.39. The molecule has 0 fully saturated rings. The topological polar surface area (TPSA) is 47.6 Å². The van der Waals surface area contributed by atoms with Crippen LogP contribution in [0.25, 0.3) is 0 Å². The van der Waals surface area contributed by atoms with Gasteiger partial charge in [-0.2, -0.15) is 0 Å².